The number of hydrogen-bond acceptors (Lipinski definition) is 6. The summed E-state index contributed by atoms with van der Waals surface area (Å²) in [5.74, 6) is 0.480. The number of nitrogens with one attached hydrogen (secondary N) is 1. The third-order valence-electron chi connectivity index (χ3n) is 4.25. The molecule has 2 aromatic heterocycles. The first kappa shape index (κ1) is 14.1. The summed E-state index contributed by atoms with van der Waals surface area (Å²) in [6, 6.07) is 1.68. The van der Waals surface area contributed by atoms with E-state index in [2.05, 4.69) is 20.2 Å². The molecule has 2 aliphatic heterocycles. The minimum absolute atomic E-state index is 0.0323. The molecule has 1 amide bonds. The number of hydrogen-bond donors (Lipinski definition) is 1. The number of aromatic amines is 1. The van der Waals surface area contributed by atoms with Crippen molar-refractivity contribution in [1.82, 2.24) is 25.1 Å². The number of carbonyl (C=O) groups is 1. The van der Waals surface area contributed by atoms with E-state index < -0.39 is 0 Å². The van der Waals surface area contributed by atoms with Crippen molar-refractivity contribution in [3.8, 4) is 5.88 Å². The van der Waals surface area contributed by atoms with Gasteiger partial charge in [-0.1, -0.05) is 0 Å². The highest BCUT2D eigenvalue weighted by Gasteiger charge is 2.50. The van der Waals surface area contributed by atoms with Gasteiger partial charge in [-0.15, -0.1) is 0 Å². The molecule has 4 heterocycles. The molecule has 1 spiro atoms. The Hall–Kier alpha value is -2.48. The number of nitrogens with zero attached hydrogens (tertiary/aromatic N) is 4. The molecule has 2 saturated heterocycles. The Morgan fingerprint density at radius 3 is 3.04 bits per heavy atom. The van der Waals surface area contributed by atoms with Crippen LogP contribution in [-0.2, 0) is 4.74 Å². The van der Waals surface area contributed by atoms with Gasteiger partial charge in [0.25, 0.3) is 5.91 Å². The van der Waals surface area contributed by atoms with Crippen LogP contribution in [0.15, 0.2) is 30.9 Å². The molecule has 1 atom stereocenters. The fraction of sp³-hybridized carbons (Fsp3) is 0.467. The van der Waals surface area contributed by atoms with Crippen LogP contribution in [-0.4, -0.2) is 62.4 Å². The van der Waals surface area contributed by atoms with Gasteiger partial charge in [0.05, 0.1) is 25.9 Å². The number of carbonyl (C=O) groups excluding carboxylic acids is 1. The Morgan fingerprint density at radius 1 is 1.39 bits per heavy atom. The molecule has 0 saturated carbocycles. The predicted octanol–water partition coefficient (Wildman–Crippen LogP) is 0.652. The SMILES string of the molecule is O=C(c1ccn[nH]1)N1CC2(C[C@@H](Oc3cnccn3)CCO2)C1. The van der Waals surface area contributed by atoms with Gasteiger partial charge in [-0.05, 0) is 6.07 Å². The Kier molecular flexibility index (Phi) is 3.45. The van der Waals surface area contributed by atoms with Gasteiger partial charge in [0.15, 0.2) is 0 Å². The number of aromatic nitrogens is 4. The van der Waals surface area contributed by atoms with Crippen LogP contribution in [0.5, 0.6) is 5.88 Å². The van der Waals surface area contributed by atoms with Gasteiger partial charge in [-0.25, -0.2) is 4.98 Å². The molecule has 2 aliphatic rings. The number of rotatable bonds is 3. The van der Waals surface area contributed by atoms with Gasteiger partial charge in [0, 0.05) is 31.4 Å². The molecule has 0 radical (unpaired) electrons. The van der Waals surface area contributed by atoms with Crippen molar-refractivity contribution in [2.45, 2.75) is 24.5 Å². The van der Waals surface area contributed by atoms with Gasteiger partial charge in [-0.2, -0.15) is 5.10 Å². The second kappa shape index (κ2) is 5.62. The second-order valence-electron chi connectivity index (χ2n) is 5.94. The molecular weight excluding hydrogens is 298 g/mol. The van der Waals surface area contributed by atoms with Crippen molar-refractivity contribution in [3.63, 3.8) is 0 Å². The normalized spacial score (nSPS) is 22.6. The summed E-state index contributed by atoms with van der Waals surface area (Å²) < 4.78 is 11.8. The monoisotopic (exact) mass is 315 g/mol. The summed E-state index contributed by atoms with van der Waals surface area (Å²) in [4.78, 5) is 22.1. The molecule has 2 aromatic rings. The lowest BCUT2D eigenvalue weighted by molar-refractivity contribution is -0.174. The molecule has 0 bridgehead atoms. The second-order valence-corrected chi connectivity index (χ2v) is 5.94. The Balaban J connectivity index is 1.36. The summed E-state index contributed by atoms with van der Waals surface area (Å²) >= 11 is 0. The van der Waals surface area contributed by atoms with E-state index in [1.807, 2.05) is 0 Å². The zero-order valence-electron chi connectivity index (χ0n) is 12.5. The van der Waals surface area contributed by atoms with Crippen LogP contribution in [0.3, 0.4) is 0 Å². The molecule has 8 heteroatoms. The highest BCUT2D eigenvalue weighted by molar-refractivity contribution is 5.92. The molecule has 2 fully saturated rings. The summed E-state index contributed by atoms with van der Waals surface area (Å²) in [5, 5.41) is 6.51. The summed E-state index contributed by atoms with van der Waals surface area (Å²) in [6.07, 6.45) is 8.00. The highest BCUT2D eigenvalue weighted by Crippen LogP contribution is 2.36. The Labute approximate surface area is 132 Å². The summed E-state index contributed by atoms with van der Waals surface area (Å²) in [6.45, 7) is 1.77. The summed E-state index contributed by atoms with van der Waals surface area (Å²) in [7, 11) is 0. The van der Waals surface area contributed by atoms with Gasteiger partial charge >= 0.3 is 0 Å². The fourth-order valence-electron chi connectivity index (χ4n) is 3.16. The lowest BCUT2D eigenvalue weighted by Gasteiger charge is -2.52. The first-order valence-corrected chi connectivity index (χ1v) is 7.59. The molecule has 23 heavy (non-hydrogen) atoms. The van der Waals surface area contributed by atoms with E-state index in [9.17, 15) is 4.79 Å². The molecule has 0 unspecified atom stereocenters. The number of likely N-dealkylation sites (tertiary alicyclic amines) is 1. The van der Waals surface area contributed by atoms with Crippen molar-refractivity contribution in [3.05, 3.63) is 36.5 Å². The molecule has 4 rings (SSSR count). The summed E-state index contributed by atoms with van der Waals surface area (Å²) in [5.41, 5.74) is 0.198. The maximum absolute atomic E-state index is 12.2. The lowest BCUT2D eigenvalue weighted by Crippen LogP contribution is -2.67. The predicted molar refractivity (Wildman–Crippen MR) is 78.9 cm³/mol. The van der Waals surface area contributed by atoms with Crippen LogP contribution < -0.4 is 4.74 Å². The average Bonchev–Trinajstić information content (AvgIpc) is 3.07. The van der Waals surface area contributed by atoms with Crippen LogP contribution in [0, 0.1) is 0 Å². The van der Waals surface area contributed by atoms with E-state index in [-0.39, 0.29) is 17.6 Å². The van der Waals surface area contributed by atoms with Crippen LogP contribution in [0.4, 0.5) is 0 Å². The average molecular weight is 315 g/mol. The van der Waals surface area contributed by atoms with Crippen LogP contribution >= 0.6 is 0 Å². The Bertz CT molecular complexity index is 670. The number of amides is 1. The van der Waals surface area contributed by atoms with Gasteiger partial charge in [0.1, 0.15) is 17.4 Å². The van der Waals surface area contributed by atoms with Gasteiger partial charge in [-0.3, -0.25) is 14.9 Å². The van der Waals surface area contributed by atoms with Crippen molar-refractivity contribution in [2.24, 2.45) is 0 Å². The molecule has 0 aliphatic carbocycles. The maximum Gasteiger partial charge on any atom is 0.272 e. The van der Waals surface area contributed by atoms with E-state index in [0.29, 0.717) is 31.3 Å². The molecule has 1 N–H and O–H groups in total. The standard InChI is InChI=1S/C15H17N5O3/c21-14(12-1-3-18-19-12)20-9-15(10-20)7-11(2-6-22-15)23-13-8-16-4-5-17-13/h1,3-5,8,11H,2,6-7,9-10H2,(H,18,19)/t11-/m0/s1. The first-order valence-electron chi connectivity index (χ1n) is 7.59. The maximum atomic E-state index is 12.2. The fourth-order valence-corrected chi connectivity index (χ4v) is 3.16. The van der Waals surface area contributed by atoms with Crippen molar-refractivity contribution in [2.75, 3.05) is 19.7 Å². The number of H-pyrrole nitrogens is 1. The van der Waals surface area contributed by atoms with Crippen molar-refractivity contribution < 1.29 is 14.3 Å². The Morgan fingerprint density at radius 2 is 2.30 bits per heavy atom. The first-order chi connectivity index (χ1) is 11.2. The van der Waals surface area contributed by atoms with Gasteiger partial charge in [0.2, 0.25) is 5.88 Å². The van der Waals surface area contributed by atoms with Crippen LogP contribution in [0.2, 0.25) is 0 Å². The van der Waals surface area contributed by atoms with Gasteiger partial charge < -0.3 is 14.4 Å². The smallest absolute Gasteiger partial charge is 0.272 e. The van der Waals surface area contributed by atoms with E-state index >= 15 is 0 Å². The van der Waals surface area contributed by atoms with E-state index in [1.165, 1.54) is 0 Å². The quantitative estimate of drug-likeness (QED) is 0.894. The molecule has 120 valence electrons. The zero-order chi connectivity index (χ0) is 15.7. The number of ether oxygens (including phenoxy) is 2. The molecular formula is C15H17N5O3. The van der Waals surface area contributed by atoms with Crippen LogP contribution in [0.1, 0.15) is 23.3 Å². The minimum Gasteiger partial charge on any atom is -0.473 e. The molecule has 0 aromatic carbocycles. The largest absolute Gasteiger partial charge is 0.473 e. The van der Waals surface area contributed by atoms with E-state index in [0.717, 1.165) is 12.8 Å². The topological polar surface area (TPSA) is 93.2 Å². The van der Waals surface area contributed by atoms with E-state index in [4.69, 9.17) is 9.47 Å². The zero-order valence-corrected chi connectivity index (χ0v) is 12.5. The lowest BCUT2D eigenvalue weighted by atomic mass is 9.84. The molecule has 8 nitrogen and oxygen atoms in total. The highest BCUT2D eigenvalue weighted by atomic mass is 16.5. The third kappa shape index (κ3) is 2.77. The van der Waals surface area contributed by atoms with Crippen LogP contribution in [0.25, 0.3) is 0 Å². The minimum atomic E-state index is -0.305. The van der Waals surface area contributed by atoms with Crippen molar-refractivity contribution >= 4 is 5.91 Å². The van der Waals surface area contributed by atoms with E-state index in [1.54, 1.807) is 35.8 Å². The third-order valence-corrected chi connectivity index (χ3v) is 4.25. The van der Waals surface area contributed by atoms with Crippen molar-refractivity contribution in [1.29, 1.82) is 0 Å².